The summed E-state index contributed by atoms with van der Waals surface area (Å²) in [5.74, 6) is 0.299. The predicted octanol–water partition coefficient (Wildman–Crippen LogP) is 4.55. The number of urea groups is 1. The summed E-state index contributed by atoms with van der Waals surface area (Å²) in [6.07, 6.45) is 1.06. The number of nitrogens with one attached hydrogen (secondary N) is 1. The van der Waals surface area contributed by atoms with Gasteiger partial charge in [0.2, 0.25) is 6.41 Å². The standard InChI is InChI=1S/C27H26ClN3O.C2H4N2O2/c1-20(21-8-3-2-4-9-21)16-25-19-30(26-13-6-5-10-23(26)18-29)14-15-31(25)27(32)22-11-7-12-24(28)17-22;3-2(6)4-1-5/h2-13,17,20,25H,14-16,19H2,1H3;1H,(H3,3,4,5,6). The van der Waals surface area contributed by atoms with Gasteiger partial charge in [0.15, 0.2) is 0 Å². The molecule has 3 aromatic rings. The molecule has 2 atom stereocenters. The van der Waals surface area contributed by atoms with E-state index in [1.54, 1.807) is 17.4 Å². The molecule has 1 aliphatic rings. The van der Waals surface area contributed by atoms with Crippen molar-refractivity contribution in [1.29, 1.82) is 5.26 Å². The first-order valence-corrected chi connectivity index (χ1v) is 12.6. The lowest BCUT2D eigenvalue weighted by Crippen LogP contribution is -2.55. The van der Waals surface area contributed by atoms with Crippen molar-refractivity contribution in [1.82, 2.24) is 10.2 Å². The highest BCUT2D eigenvalue weighted by Crippen LogP contribution is 2.29. The van der Waals surface area contributed by atoms with Crippen LogP contribution in [0.2, 0.25) is 5.02 Å². The molecule has 1 saturated heterocycles. The first-order chi connectivity index (χ1) is 18.3. The minimum Gasteiger partial charge on any atom is -0.367 e. The Bertz CT molecular complexity index is 1290. The molecule has 8 nitrogen and oxygen atoms in total. The maximum absolute atomic E-state index is 13.4. The average Bonchev–Trinajstić information content (AvgIpc) is 2.93. The second-order valence-corrected chi connectivity index (χ2v) is 9.35. The van der Waals surface area contributed by atoms with Gasteiger partial charge in [-0.1, -0.05) is 67.1 Å². The largest absolute Gasteiger partial charge is 0.367 e. The number of imide groups is 1. The number of anilines is 1. The number of rotatable bonds is 6. The Morgan fingerprint density at radius 2 is 1.82 bits per heavy atom. The molecule has 0 radical (unpaired) electrons. The molecule has 1 fully saturated rings. The molecule has 4 rings (SSSR count). The molecule has 38 heavy (non-hydrogen) atoms. The Labute approximate surface area is 227 Å². The van der Waals surface area contributed by atoms with Gasteiger partial charge >= 0.3 is 6.03 Å². The third-order valence-corrected chi connectivity index (χ3v) is 6.61. The molecular formula is C29H30ClN5O3. The van der Waals surface area contributed by atoms with E-state index in [-0.39, 0.29) is 18.4 Å². The van der Waals surface area contributed by atoms with Crippen molar-refractivity contribution < 1.29 is 14.4 Å². The molecule has 9 heteroatoms. The zero-order valence-electron chi connectivity index (χ0n) is 21.1. The van der Waals surface area contributed by atoms with E-state index in [0.717, 1.165) is 12.1 Å². The minimum atomic E-state index is -0.829. The lowest BCUT2D eigenvalue weighted by Gasteiger charge is -2.43. The molecule has 3 N–H and O–H groups in total. The fourth-order valence-electron chi connectivity index (χ4n) is 4.56. The number of hydrogen-bond donors (Lipinski definition) is 2. The maximum atomic E-state index is 13.4. The second-order valence-electron chi connectivity index (χ2n) is 8.91. The molecule has 196 valence electrons. The van der Waals surface area contributed by atoms with Gasteiger partial charge in [0.05, 0.1) is 17.3 Å². The van der Waals surface area contributed by atoms with Crippen molar-refractivity contribution in [3.05, 3.63) is 101 Å². The van der Waals surface area contributed by atoms with Gasteiger partial charge in [-0.3, -0.25) is 14.9 Å². The van der Waals surface area contributed by atoms with E-state index in [4.69, 9.17) is 11.6 Å². The molecule has 0 bridgehead atoms. The predicted molar refractivity (Wildman–Crippen MR) is 148 cm³/mol. The first kappa shape index (κ1) is 28.2. The van der Waals surface area contributed by atoms with Crippen LogP contribution in [0.15, 0.2) is 78.9 Å². The summed E-state index contributed by atoms with van der Waals surface area (Å²) in [4.78, 5) is 36.3. The summed E-state index contributed by atoms with van der Waals surface area (Å²) in [7, 11) is 0. The Hall–Kier alpha value is -4.35. The van der Waals surface area contributed by atoms with Crippen molar-refractivity contribution >= 4 is 35.6 Å². The number of carbonyl (C=O) groups excluding carboxylic acids is 3. The number of hydrogen-bond acceptors (Lipinski definition) is 5. The van der Waals surface area contributed by atoms with Crippen LogP contribution in [0.5, 0.6) is 0 Å². The van der Waals surface area contributed by atoms with Crippen LogP contribution in [0.1, 0.15) is 40.7 Å². The highest BCUT2D eigenvalue weighted by atomic mass is 35.5. The molecule has 3 aromatic carbocycles. The Balaban J connectivity index is 0.000000599. The summed E-state index contributed by atoms with van der Waals surface area (Å²) >= 11 is 6.16. The molecule has 0 aliphatic carbocycles. The van der Waals surface area contributed by atoms with Crippen molar-refractivity contribution in [3.63, 3.8) is 0 Å². The normalized spacial score (nSPS) is 15.3. The van der Waals surface area contributed by atoms with E-state index < -0.39 is 6.03 Å². The monoisotopic (exact) mass is 531 g/mol. The number of primary amides is 1. The fourth-order valence-corrected chi connectivity index (χ4v) is 4.75. The van der Waals surface area contributed by atoms with Crippen LogP contribution < -0.4 is 16.0 Å². The van der Waals surface area contributed by atoms with Gasteiger partial charge in [-0.15, -0.1) is 0 Å². The molecule has 0 aromatic heterocycles. The Morgan fingerprint density at radius 3 is 2.45 bits per heavy atom. The number of nitrogens with two attached hydrogens (primary N) is 1. The third-order valence-electron chi connectivity index (χ3n) is 6.38. The van der Waals surface area contributed by atoms with Gasteiger partial charge in [0, 0.05) is 30.2 Å². The number of carbonyl (C=O) groups is 3. The highest BCUT2D eigenvalue weighted by molar-refractivity contribution is 6.30. The van der Waals surface area contributed by atoms with Crippen LogP contribution in [0.4, 0.5) is 10.5 Å². The van der Waals surface area contributed by atoms with Gasteiger partial charge in [-0.25, -0.2) is 4.79 Å². The van der Waals surface area contributed by atoms with Crippen molar-refractivity contribution in [2.45, 2.75) is 25.3 Å². The Kier molecular flexibility index (Phi) is 10.3. The van der Waals surface area contributed by atoms with E-state index >= 15 is 0 Å². The summed E-state index contributed by atoms with van der Waals surface area (Å²) in [5, 5.41) is 11.8. The maximum Gasteiger partial charge on any atom is 0.318 e. The number of amides is 4. The molecular weight excluding hydrogens is 502 g/mol. The van der Waals surface area contributed by atoms with Crippen molar-refractivity contribution in [3.8, 4) is 6.07 Å². The number of nitriles is 1. The number of para-hydroxylation sites is 1. The molecule has 0 spiro atoms. The lowest BCUT2D eigenvalue weighted by molar-refractivity contribution is -0.108. The number of benzene rings is 3. The molecule has 0 saturated carbocycles. The van der Waals surface area contributed by atoms with E-state index in [2.05, 4.69) is 47.9 Å². The van der Waals surface area contributed by atoms with Crippen LogP contribution in [-0.4, -0.2) is 48.9 Å². The van der Waals surface area contributed by atoms with Crippen LogP contribution in [0.25, 0.3) is 0 Å². The first-order valence-electron chi connectivity index (χ1n) is 12.2. The van der Waals surface area contributed by atoms with Gasteiger partial charge in [0.25, 0.3) is 5.91 Å². The van der Waals surface area contributed by atoms with Gasteiger partial charge in [-0.2, -0.15) is 5.26 Å². The fraction of sp³-hybridized carbons (Fsp3) is 0.241. The molecule has 2 unspecified atom stereocenters. The highest BCUT2D eigenvalue weighted by Gasteiger charge is 2.33. The van der Waals surface area contributed by atoms with Crippen LogP contribution >= 0.6 is 11.6 Å². The zero-order chi connectivity index (χ0) is 27.5. The number of halogens is 1. The minimum absolute atomic E-state index is 0.00554. The average molecular weight is 532 g/mol. The number of piperazine rings is 1. The third kappa shape index (κ3) is 7.58. The van der Waals surface area contributed by atoms with Gasteiger partial charge < -0.3 is 15.5 Å². The quantitative estimate of drug-likeness (QED) is 0.452. The van der Waals surface area contributed by atoms with Crippen LogP contribution in [-0.2, 0) is 4.79 Å². The number of nitrogens with zero attached hydrogens (tertiary/aromatic N) is 3. The SMILES string of the molecule is CC(CC1CN(c2ccccc2C#N)CCN1C(=O)c1cccc(Cl)c1)c1ccccc1.NC(=O)NC=O. The zero-order valence-corrected chi connectivity index (χ0v) is 21.8. The lowest BCUT2D eigenvalue weighted by atomic mass is 9.91. The van der Waals surface area contributed by atoms with E-state index in [1.165, 1.54) is 5.56 Å². The summed E-state index contributed by atoms with van der Waals surface area (Å²) < 4.78 is 0. The second kappa shape index (κ2) is 13.8. The molecule has 4 amide bonds. The van der Waals surface area contributed by atoms with E-state index in [9.17, 15) is 19.6 Å². The topological polar surface area (TPSA) is 120 Å². The van der Waals surface area contributed by atoms with Crippen molar-refractivity contribution in [2.24, 2.45) is 5.73 Å². The smallest absolute Gasteiger partial charge is 0.318 e. The summed E-state index contributed by atoms with van der Waals surface area (Å²) in [6.45, 7) is 4.17. The Morgan fingerprint density at radius 1 is 1.11 bits per heavy atom. The van der Waals surface area contributed by atoms with Gasteiger partial charge in [0.1, 0.15) is 6.07 Å². The summed E-state index contributed by atoms with van der Waals surface area (Å²) in [5.41, 5.74) is 7.89. The van der Waals surface area contributed by atoms with E-state index in [1.807, 2.05) is 47.4 Å². The summed E-state index contributed by atoms with van der Waals surface area (Å²) in [6, 6.07) is 26.7. The molecule has 1 heterocycles. The van der Waals surface area contributed by atoms with Crippen LogP contribution in [0.3, 0.4) is 0 Å². The van der Waals surface area contributed by atoms with Gasteiger partial charge in [-0.05, 0) is 48.2 Å². The molecule has 1 aliphatic heterocycles. The van der Waals surface area contributed by atoms with Crippen LogP contribution in [0, 0.1) is 11.3 Å². The van der Waals surface area contributed by atoms with Crippen molar-refractivity contribution in [2.75, 3.05) is 24.5 Å². The van der Waals surface area contributed by atoms with E-state index in [0.29, 0.717) is 41.7 Å².